The molecule has 1 aromatic carbocycles. The molecule has 0 saturated heterocycles. The van der Waals surface area contributed by atoms with Gasteiger partial charge in [0.1, 0.15) is 0 Å². The first-order chi connectivity index (χ1) is 8.83. The Hall–Kier alpha value is -1.94. The second-order valence-electron chi connectivity index (χ2n) is 4.11. The molecular weight excluding hydrogens is 244 g/mol. The van der Waals surface area contributed by atoms with Crippen molar-refractivity contribution >= 4 is 22.1 Å². The molecular formula is C14H12N2OS. The molecule has 2 heterocycles. The van der Waals surface area contributed by atoms with Gasteiger partial charge in [-0.3, -0.25) is 9.20 Å². The highest BCUT2D eigenvalue weighted by Crippen LogP contribution is 2.13. The lowest BCUT2D eigenvalue weighted by Gasteiger charge is -1.98. The van der Waals surface area contributed by atoms with Crippen LogP contribution in [0.1, 0.15) is 22.5 Å². The van der Waals surface area contributed by atoms with Gasteiger partial charge in [-0.25, -0.2) is 4.98 Å². The van der Waals surface area contributed by atoms with Gasteiger partial charge in [0.05, 0.1) is 5.69 Å². The van der Waals surface area contributed by atoms with Crippen LogP contribution < -0.4 is 0 Å². The van der Waals surface area contributed by atoms with Crippen LogP contribution in [0.4, 0.5) is 0 Å². The lowest BCUT2D eigenvalue weighted by Crippen LogP contribution is -2.00. The monoisotopic (exact) mass is 256 g/mol. The average Bonchev–Trinajstić information content (AvgIpc) is 2.97. The van der Waals surface area contributed by atoms with Crippen LogP contribution in [0.15, 0.2) is 48.1 Å². The number of carbonyl (C=O) groups is 1. The number of ketones is 1. The average molecular weight is 256 g/mol. The first-order valence-corrected chi connectivity index (χ1v) is 6.70. The van der Waals surface area contributed by atoms with E-state index >= 15 is 0 Å². The first-order valence-electron chi connectivity index (χ1n) is 5.82. The highest BCUT2D eigenvalue weighted by molar-refractivity contribution is 7.15. The van der Waals surface area contributed by atoms with Crippen LogP contribution >= 0.6 is 11.3 Å². The summed E-state index contributed by atoms with van der Waals surface area (Å²) < 4.78 is 1.99. The number of fused-ring (bicyclic) bond motifs is 1. The Morgan fingerprint density at radius 2 is 2.11 bits per heavy atom. The zero-order valence-corrected chi connectivity index (χ0v) is 10.6. The molecule has 0 aliphatic rings. The third-order valence-electron chi connectivity index (χ3n) is 2.85. The maximum absolute atomic E-state index is 11.9. The molecule has 0 bridgehead atoms. The Balaban J connectivity index is 1.68. The Kier molecular flexibility index (Phi) is 2.94. The van der Waals surface area contributed by atoms with Gasteiger partial charge in [-0.05, 0) is 6.42 Å². The molecule has 3 nitrogen and oxygen atoms in total. The number of rotatable bonds is 4. The Bertz CT molecular complexity index is 641. The minimum atomic E-state index is 0.173. The molecule has 0 spiro atoms. The van der Waals surface area contributed by atoms with Gasteiger partial charge >= 0.3 is 0 Å². The van der Waals surface area contributed by atoms with E-state index in [1.807, 2.05) is 52.5 Å². The smallest absolute Gasteiger partial charge is 0.193 e. The van der Waals surface area contributed by atoms with Gasteiger partial charge < -0.3 is 0 Å². The largest absolute Gasteiger partial charge is 0.297 e. The number of carbonyl (C=O) groups excluding carboxylic acids is 1. The molecule has 18 heavy (non-hydrogen) atoms. The zero-order chi connectivity index (χ0) is 12.4. The van der Waals surface area contributed by atoms with Crippen molar-refractivity contribution in [2.45, 2.75) is 12.8 Å². The van der Waals surface area contributed by atoms with E-state index in [1.54, 1.807) is 11.3 Å². The molecule has 0 saturated carbocycles. The fourth-order valence-electron chi connectivity index (χ4n) is 1.91. The number of hydrogen-bond acceptors (Lipinski definition) is 3. The molecule has 3 rings (SSSR count). The normalized spacial score (nSPS) is 10.9. The highest BCUT2D eigenvalue weighted by Gasteiger charge is 2.08. The quantitative estimate of drug-likeness (QED) is 0.672. The van der Waals surface area contributed by atoms with Crippen LogP contribution in [0.2, 0.25) is 0 Å². The van der Waals surface area contributed by atoms with Gasteiger partial charge in [-0.1, -0.05) is 30.3 Å². The number of Topliss-reactive ketones (excluding diaryl/α,β-unsaturated/α-hetero) is 1. The van der Waals surface area contributed by atoms with E-state index in [9.17, 15) is 4.79 Å². The van der Waals surface area contributed by atoms with Gasteiger partial charge in [0, 0.05) is 29.8 Å². The summed E-state index contributed by atoms with van der Waals surface area (Å²) >= 11 is 1.61. The topological polar surface area (TPSA) is 34.4 Å². The van der Waals surface area contributed by atoms with Crippen molar-refractivity contribution in [3.63, 3.8) is 0 Å². The summed E-state index contributed by atoms with van der Waals surface area (Å²) in [5.41, 5.74) is 1.75. The number of aryl methyl sites for hydroxylation is 1. The van der Waals surface area contributed by atoms with Crippen LogP contribution in [0.3, 0.4) is 0 Å². The number of hydrogen-bond donors (Lipinski definition) is 0. The standard InChI is InChI=1S/C14H12N2OS/c17-13(11-4-2-1-3-5-11)7-6-12-10-16-8-9-18-14(16)15-12/h1-5,8-10H,6-7H2. The summed E-state index contributed by atoms with van der Waals surface area (Å²) in [6, 6.07) is 9.40. The van der Waals surface area contributed by atoms with E-state index in [0.29, 0.717) is 12.8 Å². The molecule has 4 heteroatoms. The molecule has 0 atom stereocenters. The maximum atomic E-state index is 11.9. The molecule has 2 aromatic heterocycles. The molecule has 90 valence electrons. The van der Waals surface area contributed by atoms with Crippen molar-refractivity contribution in [3.05, 3.63) is 59.4 Å². The van der Waals surface area contributed by atoms with E-state index in [2.05, 4.69) is 4.98 Å². The van der Waals surface area contributed by atoms with Crippen molar-refractivity contribution in [3.8, 4) is 0 Å². The van der Waals surface area contributed by atoms with Crippen LogP contribution in [0, 0.1) is 0 Å². The lowest BCUT2D eigenvalue weighted by molar-refractivity contribution is 0.0982. The Morgan fingerprint density at radius 1 is 1.28 bits per heavy atom. The lowest BCUT2D eigenvalue weighted by atomic mass is 10.1. The number of benzene rings is 1. The number of imidazole rings is 1. The molecule has 0 radical (unpaired) electrons. The Labute approximate surface area is 109 Å². The second-order valence-corrected chi connectivity index (χ2v) is 4.99. The zero-order valence-electron chi connectivity index (χ0n) is 9.74. The van der Waals surface area contributed by atoms with Crippen LogP contribution in [0.25, 0.3) is 4.96 Å². The summed E-state index contributed by atoms with van der Waals surface area (Å²) in [7, 11) is 0. The predicted molar refractivity (Wildman–Crippen MR) is 72.2 cm³/mol. The number of thiazole rings is 1. The van der Waals surface area contributed by atoms with Crippen LogP contribution in [0.5, 0.6) is 0 Å². The first kappa shape index (κ1) is 11.2. The van der Waals surface area contributed by atoms with E-state index in [1.165, 1.54) is 0 Å². The minimum absolute atomic E-state index is 0.173. The van der Waals surface area contributed by atoms with Gasteiger partial charge in [0.15, 0.2) is 10.7 Å². The molecule has 0 aliphatic heterocycles. The maximum Gasteiger partial charge on any atom is 0.193 e. The van der Waals surface area contributed by atoms with Gasteiger partial charge in [-0.15, -0.1) is 11.3 Å². The highest BCUT2D eigenvalue weighted by atomic mass is 32.1. The summed E-state index contributed by atoms with van der Waals surface area (Å²) in [5.74, 6) is 0.173. The van der Waals surface area contributed by atoms with E-state index < -0.39 is 0 Å². The van der Waals surface area contributed by atoms with Crippen molar-refractivity contribution in [1.29, 1.82) is 0 Å². The third kappa shape index (κ3) is 2.19. The van der Waals surface area contributed by atoms with Gasteiger partial charge in [-0.2, -0.15) is 0 Å². The third-order valence-corrected chi connectivity index (χ3v) is 3.62. The van der Waals surface area contributed by atoms with Gasteiger partial charge in [0.25, 0.3) is 0 Å². The van der Waals surface area contributed by atoms with Crippen molar-refractivity contribution in [2.24, 2.45) is 0 Å². The van der Waals surface area contributed by atoms with E-state index in [-0.39, 0.29) is 5.78 Å². The Morgan fingerprint density at radius 3 is 2.89 bits per heavy atom. The molecule has 0 aliphatic carbocycles. The molecule has 0 fully saturated rings. The molecule has 3 aromatic rings. The second kappa shape index (κ2) is 4.74. The summed E-state index contributed by atoms with van der Waals surface area (Å²) in [6.45, 7) is 0. The van der Waals surface area contributed by atoms with Gasteiger partial charge in [0.2, 0.25) is 0 Å². The SMILES string of the molecule is O=C(CCc1cn2ccsc2n1)c1ccccc1. The molecule has 0 unspecified atom stereocenters. The predicted octanol–water partition coefficient (Wildman–Crippen LogP) is 3.21. The van der Waals surface area contributed by atoms with Crippen LogP contribution in [-0.2, 0) is 6.42 Å². The summed E-state index contributed by atoms with van der Waals surface area (Å²) in [4.78, 5) is 17.4. The number of nitrogens with zero attached hydrogens (tertiary/aromatic N) is 2. The minimum Gasteiger partial charge on any atom is -0.297 e. The van der Waals surface area contributed by atoms with Crippen molar-refractivity contribution < 1.29 is 4.79 Å². The van der Waals surface area contributed by atoms with Crippen molar-refractivity contribution in [2.75, 3.05) is 0 Å². The van der Waals surface area contributed by atoms with Crippen molar-refractivity contribution in [1.82, 2.24) is 9.38 Å². The van der Waals surface area contributed by atoms with Crippen LogP contribution in [-0.4, -0.2) is 15.2 Å². The van der Waals surface area contributed by atoms with E-state index in [0.717, 1.165) is 16.2 Å². The summed E-state index contributed by atoms with van der Waals surface area (Å²) in [6.07, 6.45) is 5.18. The fourth-order valence-corrected chi connectivity index (χ4v) is 2.63. The molecule has 0 amide bonds. The molecule has 0 N–H and O–H groups in total. The van der Waals surface area contributed by atoms with E-state index in [4.69, 9.17) is 0 Å². The summed E-state index contributed by atoms with van der Waals surface area (Å²) in [5, 5.41) is 2.00. The fraction of sp³-hybridized carbons (Fsp3) is 0.143. The number of aromatic nitrogens is 2.